The molecule has 1 amide bonds. The lowest BCUT2D eigenvalue weighted by Gasteiger charge is -2.36. The van der Waals surface area contributed by atoms with Gasteiger partial charge < -0.3 is 24.8 Å². The zero-order valence-electron chi connectivity index (χ0n) is 16.5. The normalized spacial score (nSPS) is 14.1. The molecular weight excluding hydrogens is 490 g/mol. The van der Waals surface area contributed by atoms with Crippen LogP contribution < -0.4 is 10.1 Å². The standard InChI is InChI=1S/C20H18BrClN5O4/c1-12-17(18(24-31-12)14-4-2-3-5-16(14)22)20(28)26-8-6-25(7-9-26)19-15(21)10-13(11-23-19)27(29)30/h2-5,10-11,29H,6-9H2,1H3/q-1. The van der Waals surface area contributed by atoms with Crippen LogP contribution in [0.15, 0.2) is 45.5 Å². The van der Waals surface area contributed by atoms with Crippen LogP contribution in [0.1, 0.15) is 16.1 Å². The maximum Gasteiger partial charge on any atom is 0.259 e. The summed E-state index contributed by atoms with van der Waals surface area (Å²) in [7, 11) is 0. The Morgan fingerprint density at radius 2 is 2.00 bits per heavy atom. The molecule has 2 aromatic heterocycles. The van der Waals surface area contributed by atoms with Gasteiger partial charge in [-0.25, -0.2) is 4.98 Å². The zero-order chi connectivity index (χ0) is 22.1. The third kappa shape index (κ3) is 4.24. The van der Waals surface area contributed by atoms with Crippen molar-refractivity contribution < 1.29 is 14.5 Å². The van der Waals surface area contributed by atoms with Crippen LogP contribution in [-0.4, -0.2) is 52.3 Å². The predicted molar refractivity (Wildman–Crippen MR) is 119 cm³/mol. The van der Waals surface area contributed by atoms with E-state index in [9.17, 15) is 10.0 Å². The van der Waals surface area contributed by atoms with Crippen LogP contribution >= 0.6 is 27.5 Å². The van der Waals surface area contributed by atoms with E-state index < -0.39 is 0 Å². The lowest BCUT2D eigenvalue weighted by Crippen LogP contribution is -2.49. The quantitative estimate of drug-likeness (QED) is 0.525. The minimum Gasteiger partial charge on any atom is -0.733 e. The summed E-state index contributed by atoms with van der Waals surface area (Å²) in [5, 5.41) is 24.4. The molecular formula is C20H18BrClN5O4-. The molecule has 3 heterocycles. The molecule has 1 aliphatic heterocycles. The highest BCUT2D eigenvalue weighted by Gasteiger charge is 2.30. The SMILES string of the molecule is Cc1onc(-c2ccccc2Cl)c1C(=O)N1CCN(c2ncc(N([O-])O)cc2Br)CC1. The van der Waals surface area contributed by atoms with E-state index in [1.165, 1.54) is 12.3 Å². The fourth-order valence-electron chi connectivity index (χ4n) is 3.50. The van der Waals surface area contributed by atoms with E-state index in [-0.39, 0.29) is 16.8 Å². The van der Waals surface area contributed by atoms with Crippen molar-refractivity contribution in [2.24, 2.45) is 0 Å². The van der Waals surface area contributed by atoms with Gasteiger partial charge in [0.2, 0.25) is 0 Å². The van der Waals surface area contributed by atoms with Gasteiger partial charge in [-0.1, -0.05) is 35.0 Å². The Morgan fingerprint density at radius 3 is 2.65 bits per heavy atom. The van der Waals surface area contributed by atoms with E-state index in [1.54, 1.807) is 24.0 Å². The number of carbonyl (C=O) groups excluding carboxylic acids is 1. The van der Waals surface area contributed by atoms with Gasteiger partial charge in [0.25, 0.3) is 5.91 Å². The monoisotopic (exact) mass is 506 g/mol. The number of anilines is 2. The van der Waals surface area contributed by atoms with E-state index >= 15 is 0 Å². The number of benzene rings is 1. The Balaban J connectivity index is 1.51. The highest BCUT2D eigenvalue weighted by molar-refractivity contribution is 9.10. The average Bonchev–Trinajstić information content (AvgIpc) is 3.14. The molecule has 4 rings (SSSR count). The van der Waals surface area contributed by atoms with Crippen LogP contribution in [-0.2, 0) is 0 Å². The minimum absolute atomic E-state index is 0.0273. The first kappa shape index (κ1) is 21.6. The number of pyridine rings is 1. The maximum atomic E-state index is 13.3. The molecule has 0 unspecified atom stereocenters. The molecule has 1 saturated heterocycles. The zero-order valence-corrected chi connectivity index (χ0v) is 18.8. The number of aryl methyl sites for hydroxylation is 1. The number of halogens is 2. The lowest BCUT2D eigenvalue weighted by molar-refractivity contribution is 0.0745. The molecule has 0 saturated carbocycles. The van der Waals surface area contributed by atoms with E-state index in [4.69, 9.17) is 21.3 Å². The summed E-state index contributed by atoms with van der Waals surface area (Å²) in [6.45, 7) is 3.73. The van der Waals surface area contributed by atoms with E-state index in [0.717, 1.165) is 0 Å². The lowest BCUT2D eigenvalue weighted by atomic mass is 10.0. The molecule has 9 nitrogen and oxygen atoms in total. The predicted octanol–water partition coefficient (Wildman–Crippen LogP) is 4.12. The van der Waals surface area contributed by atoms with E-state index in [1.807, 2.05) is 17.0 Å². The van der Waals surface area contributed by atoms with Gasteiger partial charge in [0.15, 0.2) is 0 Å². The molecule has 162 valence electrons. The maximum absolute atomic E-state index is 13.3. The minimum atomic E-state index is -0.240. The smallest absolute Gasteiger partial charge is 0.259 e. The van der Waals surface area contributed by atoms with Crippen molar-refractivity contribution in [3.8, 4) is 11.3 Å². The number of carbonyl (C=O) groups is 1. The molecule has 3 aromatic rings. The number of rotatable bonds is 4. The first-order valence-corrected chi connectivity index (χ1v) is 10.6. The molecule has 1 aromatic carbocycles. The highest BCUT2D eigenvalue weighted by Crippen LogP contribution is 2.33. The summed E-state index contributed by atoms with van der Waals surface area (Å²) in [4.78, 5) is 21.3. The van der Waals surface area contributed by atoms with Gasteiger partial charge in [0.1, 0.15) is 22.8 Å². The van der Waals surface area contributed by atoms with Gasteiger partial charge in [-0.05, 0) is 35.0 Å². The molecule has 0 radical (unpaired) electrons. The largest absolute Gasteiger partial charge is 0.733 e. The Bertz CT molecular complexity index is 1110. The van der Waals surface area contributed by atoms with Gasteiger partial charge in [0, 0.05) is 31.7 Å². The topological polar surface area (TPSA) is 109 Å². The van der Waals surface area contributed by atoms with Gasteiger partial charge in [0.05, 0.1) is 21.4 Å². The van der Waals surface area contributed by atoms with Crippen molar-refractivity contribution >= 4 is 44.9 Å². The number of amides is 1. The van der Waals surface area contributed by atoms with E-state index in [0.29, 0.717) is 64.1 Å². The first-order valence-electron chi connectivity index (χ1n) is 9.44. The molecule has 0 bridgehead atoms. The fourth-order valence-corrected chi connectivity index (χ4v) is 4.31. The summed E-state index contributed by atoms with van der Waals surface area (Å²) in [5.41, 5.74) is 1.51. The van der Waals surface area contributed by atoms with Crippen LogP contribution in [0.2, 0.25) is 5.02 Å². The Morgan fingerprint density at radius 1 is 1.29 bits per heavy atom. The summed E-state index contributed by atoms with van der Waals surface area (Å²) in [6, 6.07) is 8.68. The van der Waals surface area contributed by atoms with Crippen LogP contribution in [0.3, 0.4) is 0 Å². The van der Waals surface area contributed by atoms with Gasteiger partial charge in [-0.3, -0.25) is 10.0 Å². The Kier molecular flexibility index (Phi) is 6.15. The van der Waals surface area contributed by atoms with E-state index in [2.05, 4.69) is 26.1 Å². The van der Waals surface area contributed by atoms with Crippen LogP contribution in [0.4, 0.5) is 11.5 Å². The summed E-state index contributed by atoms with van der Waals surface area (Å²) in [5.74, 6) is 0.905. The Hall–Kier alpha value is -2.66. The van der Waals surface area contributed by atoms with Crippen molar-refractivity contribution in [3.63, 3.8) is 0 Å². The highest BCUT2D eigenvalue weighted by atomic mass is 79.9. The summed E-state index contributed by atoms with van der Waals surface area (Å²) < 4.78 is 5.90. The van der Waals surface area contributed by atoms with Gasteiger partial charge in [-0.15, -0.1) is 0 Å². The van der Waals surface area contributed by atoms with Crippen LogP contribution in [0, 0.1) is 12.1 Å². The Labute approximate surface area is 191 Å². The average molecular weight is 508 g/mol. The van der Waals surface area contributed by atoms with Gasteiger partial charge in [-0.2, -0.15) is 0 Å². The fraction of sp³-hybridized carbons (Fsp3) is 0.250. The van der Waals surface area contributed by atoms with Crippen molar-refractivity contribution in [2.45, 2.75) is 6.92 Å². The van der Waals surface area contributed by atoms with Crippen molar-refractivity contribution in [3.05, 3.63) is 62.6 Å². The molecule has 11 heteroatoms. The number of hydrogen-bond acceptors (Lipinski definition) is 8. The number of hydrogen-bond donors (Lipinski definition) is 1. The summed E-state index contributed by atoms with van der Waals surface area (Å²) >= 11 is 9.68. The molecule has 0 spiro atoms. The second-order valence-electron chi connectivity index (χ2n) is 6.99. The third-order valence-corrected chi connectivity index (χ3v) is 6.01. The molecule has 31 heavy (non-hydrogen) atoms. The molecule has 1 aliphatic rings. The second kappa shape index (κ2) is 8.83. The van der Waals surface area contributed by atoms with Crippen molar-refractivity contribution in [1.82, 2.24) is 15.0 Å². The molecule has 1 fully saturated rings. The number of piperazine rings is 1. The van der Waals surface area contributed by atoms with Crippen molar-refractivity contribution in [1.29, 1.82) is 0 Å². The summed E-state index contributed by atoms with van der Waals surface area (Å²) in [6.07, 6.45) is 1.29. The molecule has 1 N–H and O–H groups in total. The second-order valence-corrected chi connectivity index (χ2v) is 8.25. The van der Waals surface area contributed by atoms with Crippen LogP contribution in [0.25, 0.3) is 11.3 Å². The molecule has 0 aliphatic carbocycles. The molecule has 0 atom stereocenters. The number of aromatic nitrogens is 2. The van der Waals surface area contributed by atoms with Crippen LogP contribution in [0.5, 0.6) is 0 Å². The third-order valence-electron chi connectivity index (χ3n) is 5.10. The number of nitrogens with zero attached hydrogens (tertiary/aromatic N) is 5. The van der Waals surface area contributed by atoms with Crippen molar-refractivity contribution in [2.75, 3.05) is 36.3 Å². The van der Waals surface area contributed by atoms with Gasteiger partial charge >= 0.3 is 0 Å². The first-order chi connectivity index (χ1) is 14.9.